The molecule has 1 amide bonds. The van der Waals surface area contributed by atoms with Gasteiger partial charge in [-0.25, -0.2) is 9.59 Å². The van der Waals surface area contributed by atoms with Crippen LogP contribution < -0.4 is 0 Å². The lowest BCUT2D eigenvalue weighted by Crippen LogP contribution is -2.51. The number of carboxylic acids is 1. The van der Waals surface area contributed by atoms with Crippen LogP contribution in [0, 0.1) is 11.8 Å². The SMILES string of the molecule is C=CCOC(=O)N1C[C@H](CC(C)C)CC[C@H]1C(=O)O. The number of aliphatic carboxylic acids is 1. The van der Waals surface area contributed by atoms with Crippen molar-refractivity contribution in [2.75, 3.05) is 13.2 Å². The first-order valence-corrected chi connectivity index (χ1v) is 6.72. The number of ether oxygens (including phenoxy) is 1. The average molecular weight is 269 g/mol. The van der Waals surface area contributed by atoms with E-state index >= 15 is 0 Å². The maximum atomic E-state index is 11.9. The molecule has 19 heavy (non-hydrogen) atoms. The second kappa shape index (κ2) is 7.16. The summed E-state index contributed by atoms with van der Waals surface area (Å²) >= 11 is 0. The summed E-state index contributed by atoms with van der Waals surface area (Å²) < 4.78 is 4.97. The first-order chi connectivity index (χ1) is 8.95. The fraction of sp³-hybridized carbons (Fsp3) is 0.714. The third-order valence-corrected chi connectivity index (χ3v) is 3.33. The Morgan fingerprint density at radius 2 is 2.16 bits per heavy atom. The van der Waals surface area contributed by atoms with Gasteiger partial charge in [-0.2, -0.15) is 0 Å². The molecule has 5 nitrogen and oxygen atoms in total. The highest BCUT2D eigenvalue weighted by Crippen LogP contribution is 2.27. The summed E-state index contributed by atoms with van der Waals surface area (Å²) in [7, 11) is 0. The van der Waals surface area contributed by atoms with Gasteiger partial charge < -0.3 is 9.84 Å². The first-order valence-electron chi connectivity index (χ1n) is 6.72. The van der Waals surface area contributed by atoms with Gasteiger partial charge in [-0.3, -0.25) is 4.90 Å². The van der Waals surface area contributed by atoms with Gasteiger partial charge in [0.25, 0.3) is 0 Å². The molecule has 0 bridgehead atoms. The number of hydrogen-bond acceptors (Lipinski definition) is 3. The van der Waals surface area contributed by atoms with E-state index < -0.39 is 18.1 Å². The molecule has 1 rings (SSSR count). The molecule has 1 N–H and O–H groups in total. The van der Waals surface area contributed by atoms with Crippen LogP contribution in [-0.4, -0.2) is 41.3 Å². The van der Waals surface area contributed by atoms with Crippen LogP contribution in [0.5, 0.6) is 0 Å². The van der Waals surface area contributed by atoms with Gasteiger partial charge in [0.05, 0.1) is 0 Å². The van der Waals surface area contributed by atoms with E-state index in [2.05, 4.69) is 20.4 Å². The number of hydrogen-bond donors (Lipinski definition) is 1. The van der Waals surface area contributed by atoms with Crippen molar-refractivity contribution in [3.05, 3.63) is 12.7 Å². The Morgan fingerprint density at radius 1 is 1.47 bits per heavy atom. The third-order valence-electron chi connectivity index (χ3n) is 3.33. The highest BCUT2D eigenvalue weighted by molar-refractivity contribution is 5.80. The Labute approximate surface area is 114 Å². The minimum absolute atomic E-state index is 0.108. The zero-order valence-electron chi connectivity index (χ0n) is 11.7. The van der Waals surface area contributed by atoms with Gasteiger partial charge in [0.1, 0.15) is 12.6 Å². The molecule has 0 aromatic rings. The molecular weight excluding hydrogens is 246 g/mol. The van der Waals surface area contributed by atoms with Crippen LogP contribution in [-0.2, 0) is 9.53 Å². The highest BCUT2D eigenvalue weighted by Gasteiger charge is 2.36. The minimum atomic E-state index is -0.960. The van der Waals surface area contributed by atoms with E-state index in [1.807, 2.05) is 0 Å². The lowest BCUT2D eigenvalue weighted by Gasteiger charge is -2.37. The third kappa shape index (κ3) is 4.58. The van der Waals surface area contributed by atoms with Gasteiger partial charge in [-0.15, -0.1) is 0 Å². The summed E-state index contributed by atoms with van der Waals surface area (Å²) in [5.41, 5.74) is 0. The molecule has 0 aromatic heterocycles. The Bertz CT molecular complexity index is 340. The minimum Gasteiger partial charge on any atom is -0.480 e. The van der Waals surface area contributed by atoms with Crippen LogP contribution in [0.1, 0.15) is 33.1 Å². The monoisotopic (exact) mass is 269 g/mol. The number of rotatable bonds is 5. The van der Waals surface area contributed by atoms with E-state index in [0.717, 1.165) is 12.8 Å². The van der Waals surface area contributed by atoms with Crippen molar-refractivity contribution in [3.8, 4) is 0 Å². The van der Waals surface area contributed by atoms with Crippen LogP contribution in [0.3, 0.4) is 0 Å². The van der Waals surface area contributed by atoms with E-state index in [1.165, 1.54) is 11.0 Å². The fourth-order valence-electron chi connectivity index (χ4n) is 2.58. The molecule has 108 valence electrons. The van der Waals surface area contributed by atoms with E-state index in [1.54, 1.807) is 0 Å². The average Bonchev–Trinajstić information content (AvgIpc) is 2.34. The standard InChI is InChI=1S/C14H23NO4/c1-4-7-19-14(18)15-9-11(8-10(2)3)5-6-12(15)13(16)17/h4,10-12H,1,5-9H2,2-3H3,(H,16,17)/t11-,12-/m0/s1. The topological polar surface area (TPSA) is 66.8 Å². The van der Waals surface area contributed by atoms with Crippen molar-refractivity contribution in [2.45, 2.75) is 39.2 Å². The molecule has 0 radical (unpaired) electrons. The number of nitrogens with zero attached hydrogens (tertiary/aromatic N) is 1. The zero-order chi connectivity index (χ0) is 14.4. The molecule has 5 heteroatoms. The molecule has 0 unspecified atom stereocenters. The van der Waals surface area contributed by atoms with Crippen LogP contribution in [0.15, 0.2) is 12.7 Å². The predicted octanol–water partition coefficient (Wildman–Crippen LogP) is 2.52. The highest BCUT2D eigenvalue weighted by atomic mass is 16.6. The molecule has 1 heterocycles. The van der Waals surface area contributed by atoms with Gasteiger partial charge in [-0.05, 0) is 31.1 Å². The van der Waals surface area contributed by atoms with Crippen molar-refractivity contribution in [1.29, 1.82) is 0 Å². The van der Waals surface area contributed by atoms with Gasteiger partial charge in [0.2, 0.25) is 0 Å². The molecular formula is C14H23NO4. The largest absolute Gasteiger partial charge is 0.480 e. The van der Waals surface area contributed by atoms with E-state index in [4.69, 9.17) is 4.74 Å². The number of piperidine rings is 1. The molecule has 0 aliphatic carbocycles. The van der Waals surface area contributed by atoms with Gasteiger partial charge in [0, 0.05) is 6.54 Å². The molecule has 2 atom stereocenters. The first kappa shape index (κ1) is 15.5. The molecule has 0 aromatic carbocycles. The fourth-order valence-corrected chi connectivity index (χ4v) is 2.58. The molecule has 1 aliphatic heterocycles. The Kier molecular flexibility index (Phi) is 5.86. The van der Waals surface area contributed by atoms with Gasteiger partial charge in [-0.1, -0.05) is 26.5 Å². The predicted molar refractivity (Wildman–Crippen MR) is 71.9 cm³/mol. The zero-order valence-corrected chi connectivity index (χ0v) is 11.7. The maximum Gasteiger partial charge on any atom is 0.410 e. The molecule has 1 fully saturated rings. The lowest BCUT2D eigenvalue weighted by atomic mass is 9.87. The Balaban J connectivity index is 2.69. The number of carbonyl (C=O) groups excluding carboxylic acids is 1. The second-order valence-electron chi connectivity index (χ2n) is 5.44. The van der Waals surface area contributed by atoms with Crippen molar-refractivity contribution in [3.63, 3.8) is 0 Å². The van der Waals surface area contributed by atoms with Crippen LogP contribution in [0.25, 0.3) is 0 Å². The second-order valence-corrected chi connectivity index (χ2v) is 5.44. The Morgan fingerprint density at radius 3 is 2.68 bits per heavy atom. The smallest absolute Gasteiger partial charge is 0.410 e. The van der Waals surface area contributed by atoms with Crippen LogP contribution in [0.4, 0.5) is 4.79 Å². The summed E-state index contributed by atoms with van der Waals surface area (Å²) in [5.74, 6) is -0.0668. The van der Waals surface area contributed by atoms with Crippen molar-refractivity contribution in [1.82, 2.24) is 4.90 Å². The molecule has 0 saturated carbocycles. The van der Waals surface area contributed by atoms with Crippen molar-refractivity contribution in [2.24, 2.45) is 11.8 Å². The molecule has 1 aliphatic rings. The van der Waals surface area contributed by atoms with Gasteiger partial charge in [0.15, 0.2) is 0 Å². The number of carbonyl (C=O) groups is 2. The van der Waals surface area contributed by atoms with E-state index in [9.17, 15) is 14.7 Å². The Hall–Kier alpha value is -1.52. The quantitative estimate of drug-likeness (QED) is 0.779. The summed E-state index contributed by atoms with van der Waals surface area (Å²) in [5, 5.41) is 9.18. The van der Waals surface area contributed by atoms with Crippen molar-refractivity contribution >= 4 is 12.1 Å². The normalized spacial score (nSPS) is 23.2. The number of carboxylic acid groups (broad SMARTS) is 1. The summed E-state index contributed by atoms with van der Waals surface area (Å²) in [6, 6.07) is -0.763. The van der Waals surface area contributed by atoms with Crippen LogP contribution >= 0.6 is 0 Å². The van der Waals surface area contributed by atoms with Crippen LogP contribution in [0.2, 0.25) is 0 Å². The maximum absolute atomic E-state index is 11.9. The summed E-state index contributed by atoms with van der Waals surface area (Å²) in [4.78, 5) is 24.4. The molecule has 0 spiro atoms. The number of likely N-dealkylation sites (tertiary alicyclic amines) is 1. The summed E-state index contributed by atoms with van der Waals surface area (Å²) in [6.45, 7) is 8.30. The molecule has 1 saturated heterocycles. The van der Waals surface area contributed by atoms with E-state index in [0.29, 0.717) is 24.8 Å². The van der Waals surface area contributed by atoms with Crippen molar-refractivity contribution < 1.29 is 19.4 Å². The summed E-state index contributed by atoms with van der Waals surface area (Å²) in [6.07, 6.45) is 3.26. The number of amides is 1. The van der Waals surface area contributed by atoms with E-state index in [-0.39, 0.29) is 6.61 Å². The lowest BCUT2D eigenvalue weighted by molar-refractivity contribution is -0.144. The van der Waals surface area contributed by atoms with Gasteiger partial charge >= 0.3 is 12.1 Å².